The largest absolute Gasteiger partial charge is 0.365 e. The summed E-state index contributed by atoms with van der Waals surface area (Å²) in [6, 6.07) is 15.7. The number of carbonyl (C=O) groups is 1. The van der Waals surface area contributed by atoms with E-state index in [2.05, 4.69) is 15.1 Å². The average molecular weight is 471 g/mol. The number of aromatic nitrogens is 2. The van der Waals surface area contributed by atoms with Crippen LogP contribution in [0.2, 0.25) is 5.02 Å². The Morgan fingerprint density at radius 1 is 1.16 bits per heavy atom. The third-order valence-electron chi connectivity index (χ3n) is 5.65. The van der Waals surface area contributed by atoms with E-state index in [1.165, 1.54) is 11.9 Å². The van der Waals surface area contributed by atoms with Gasteiger partial charge in [-0.2, -0.15) is 5.10 Å². The highest BCUT2D eigenvalue weighted by atomic mass is 35.5. The third kappa shape index (κ3) is 5.45. The third-order valence-corrected chi connectivity index (χ3v) is 6.81. The Labute approximate surface area is 197 Å². The van der Waals surface area contributed by atoms with E-state index in [-0.39, 0.29) is 12.1 Å². The summed E-state index contributed by atoms with van der Waals surface area (Å²) in [6.45, 7) is 0.660. The molecule has 0 bridgehead atoms. The van der Waals surface area contributed by atoms with Crippen molar-refractivity contribution in [2.24, 2.45) is 11.5 Å². The standard InChI is InChI=1S/C23H27ClN6OS/c24-19-6-2-1-5-15(19)13-27-32-17-11-9-16(10-12-17)28-23-18(22(26)31)14-30(29-23)21-8-4-3-7-20(21)25/h1-2,5-6,9-12,14,20-21,27H,3-4,7-8,13,25H2,(H2,26,31)(H,28,29). The molecule has 1 amide bonds. The predicted molar refractivity (Wildman–Crippen MR) is 130 cm³/mol. The van der Waals surface area contributed by atoms with E-state index in [1.54, 1.807) is 10.9 Å². The number of hydrogen-bond acceptors (Lipinski definition) is 6. The number of rotatable bonds is 8. The van der Waals surface area contributed by atoms with Crippen LogP contribution in [0.15, 0.2) is 59.6 Å². The number of primary amides is 1. The maximum atomic E-state index is 12.0. The van der Waals surface area contributed by atoms with Gasteiger partial charge in [-0.05, 0) is 60.7 Å². The van der Waals surface area contributed by atoms with Gasteiger partial charge in [0.1, 0.15) is 5.56 Å². The van der Waals surface area contributed by atoms with Gasteiger partial charge in [0, 0.05) is 34.4 Å². The first-order valence-electron chi connectivity index (χ1n) is 10.7. The van der Waals surface area contributed by atoms with E-state index in [0.29, 0.717) is 17.9 Å². The minimum absolute atomic E-state index is 0.0341. The van der Waals surface area contributed by atoms with Crippen molar-refractivity contribution in [1.29, 1.82) is 0 Å². The molecule has 2 unspecified atom stereocenters. The summed E-state index contributed by atoms with van der Waals surface area (Å²) in [5, 5.41) is 8.58. The van der Waals surface area contributed by atoms with Crippen molar-refractivity contribution in [3.63, 3.8) is 0 Å². The molecule has 1 heterocycles. The highest BCUT2D eigenvalue weighted by Gasteiger charge is 2.26. The summed E-state index contributed by atoms with van der Waals surface area (Å²) in [6.07, 6.45) is 5.86. The zero-order valence-electron chi connectivity index (χ0n) is 17.6. The molecule has 0 saturated heterocycles. The predicted octanol–water partition coefficient (Wildman–Crippen LogP) is 4.62. The number of nitrogens with zero attached hydrogens (tertiary/aromatic N) is 2. The summed E-state index contributed by atoms with van der Waals surface area (Å²) in [5.74, 6) is -0.0633. The molecule has 3 aromatic rings. The summed E-state index contributed by atoms with van der Waals surface area (Å²) in [7, 11) is 0. The van der Waals surface area contributed by atoms with Gasteiger partial charge in [0.05, 0.1) is 6.04 Å². The Morgan fingerprint density at radius 2 is 1.91 bits per heavy atom. The summed E-state index contributed by atoms with van der Waals surface area (Å²) >= 11 is 7.72. The Hall–Kier alpha value is -2.52. The fraction of sp³-hybridized carbons (Fsp3) is 0.304. The summed E-state index contributed by atoms with van der Waals surface area (Å²) in [4.78, 5) is 13.0. The van der Waals surface area contributed by atoms with Crippen LogP contribution in [0.25, 0.3) is 0 Å². The molecule has 0 radical (unpaired) electrons. The monoisotopic (exact) mass is 470 g/mol. The molecule has 4 rings (SSSR count). The van der Waals surface area contributed by atoms with E-state index in [0.717, 1.165) is 46.9 Å². The minimum Gasteiger partial charge on any atom is -0.365 e. The molecule has 1 aromatic heterocycles. The lowest BCUT2D eigenvalue weighted by Gasteiger charge is -2.28. The second-order valence-corrected chi connectivity index (χ2v) is 9.29. The van der Waals surface area contributed by atoms with E-state index >= 15 is 0 Å². The molecule has 168 valence electrons. The van der Waals surface area contributed by atoms with Crippen molar-refractivity contribution in [2.45, 2.75) is 49.2 Å². The average Bonchev–Trinajstić information content (AvgIpc) is 3.20. The molecule has 0 aliphatic heterocycles. The smallest absolute Gasteiger partial charge is 0.254 e. The number of amides is 1. The lowest BCUT2D eigenvalue weighted by Crippen LogP contribution is -2.35. The molecular weight excluding hydrogens is 444 g/mol. The lowest BCUT2D eigenvalue weighted by atomic mass is 9.91. The zero-order chi connectivity index (χ0) is 22.5. The molecular formula is C23H27ClN6OS. The van der Waals surface area contributed by atoms with Crippen molar-refractivity contribution in [2.75, 3.05) is 5.32 Å². The van der Waals surface area contributed by atoms with Gasteiger partial charge in [0.2, 0.25) is 0 Å². The quantitative estimate of drug-likeness (QED) is 0.357. The van der Waals surface area contributed by atoms with Gasteiger partial charge in [-0.15, -0.1) is 0 Å². The second kappa shape index (κ2) is 10.4. The lowest BCUT2D eigenvalue weighted by molar-refractivity contribution is 0.100. The molecule has 0 spiro atoms. The van der Waals surface area contributed by atoms with Crippen molar-refractivity contribution in [3.05, 3.63) is 70.9 Å². The zero-order valence-corrected chi connectivity index (χ0v) is 19.2. The van der Waals surface area contributed by atoms with Gasteiger partial charge in [-0.3, -0.25) is 14.2 Å². The molecule has 6 N–H and O–H groups in total. The fourth-order valence-corrected chi connectivity index (χ4v) is 4.75. The van der Waals surface area contributed by atoms with Gasteiger partial charge in [0.15, 0.2) is 5.82 Å². The summed E-state index contributed by atoms with van der Waals surface area (Å²) < 4.78 is 5.12. The van der Waals surface area contributed by atoms with Crippen molar-refractivity contribution in [1.82, 2.24) is 14.5 Å². The number of nitrogens with two attached hydrogens (primary N) is 2. The van der Waals surface area contributed by atoms with Crippen LogP contribution in [0.3, 0.4) is 0 Å². The molecule has 1 aliphatic rings. The van der Waals surface area contributed by atoms with Crippen LogP contribution in [-0.2, 0) is 6.54 Å². The number of hydrogen-bond donors (Lipinski definition) is 4. The van der Waals surface area contributed by atoms with Crippen molar-refractivity contribution >= 4 is 41.0 Å². The molecule has 2 aromatic carbocycles. The number of anilines is 2. The molecule has 2 atom stereocenters. The van der Waals surface area contributed by atoms with Gasteiger partial charge in [-0.25, -0.2) is 0 Å². The fourth-order valence-electron chi connectivity index (χ4n) is 3.88. The van der Waals surface area contributed by atoms with Crippen LogP contribution in [0.4, 0.5) is 11.5 Å². The maximum absolute atomic E-state index is 12.0. The highest BCUT2D eigenvalue weighted by molar-refractivity contribution is 7.97. The highest BCUT2D eigenvalue weighted by Crippen LogP contribution is 2.30. The first-order chi connectivity index (χ1) is 15.5. The van der Waals surface area contributed by atoms with E-state index in [1.807, 2.05) is 48.5 Å². The molecule has 1 aliphatic carbocycles. The van der Waals surface area contributed by atoms with Crippen LogP contribution in [0, 0.1) is 0 Å². The van der Waals surface area contributed by atoms with Crippen molar-refractivity contribution < 1.29 is 4.79 Å². The topological polar surface area (TPSA) is 111 Å². The maximum Gasteiger partial charge on any atom is 0.254 e. The number of nitrogens with one attached hydrogen (secondary N) is 2. The van der Waals surface area contributed by atoms with Crippen LogP contribution >= 0.6 is 23.5 Å². The number of carbonyl (C=O) groups excluding carboxylic acids is 1. The molecule has 9 heteroatoms. The van der Waals surface area contributed by atoms with Crippen LogP contribution in [0.1, 0.15) is 47.6 Å². The van der Waals surface area contributed by atoms with Crippen LogP contribution < -0.4 is 21.5 Å². The minimum atomic E-state index is -0.515. The Morgan fingerprint density at radius 3 is 2.62 bits per heavy atom. The van der Waals surface area contributed by atoms with Gasteiger partial charge < -0.3 is 16.8 Å². The summed E-state index contributed by atoms with van der Waals surface area (Å²) in [5.41, 5.74) is 14.1. The Kier molecular flexibility index (Phi) is 7.36. The SMILES string of the molecule is NC(=O)c1cn(C2CCCCC2N)nc1Nc1ccc(SNCc2ccccc2Cl)cc1. The number of halogens is 1. The second-order valence-electron chi connectivity index (χ2n) is 7.92. The molecule has 1 saturated carbocycles. The normalized spacial score (nSPS) is 18.4. The molecule has 1 fully saturated rings. The first kappa shape index (κ1) is 22.7. The Bertz CT molecular complexity index is 1070. The van der Waals surface area contributed by atoms with E-state index in [9.17, 15) is 4.79 Å². The molecule has 7 nitrogen and oxygen atoms in total. The van der Waals surface area contributed by atoms with Gasteiger partial charge in [-0.1, -0.05) is 42.6 Å². The Balaban J connectivity index is 1.40. The van der Waals surface area contributed by atoms with Gasteiger partial charge >= 0.3 is 0 Å². The van der Waals surface area contributed by atoms with E-state index in [4.69, 9.17) is 23.1 Å². The van der Waals surface area contributed by atoms with Crippen LogP contribution in [0.5, 0.6) is 0 Å². The van der Waals surface area contributed by atoms with E-state index < -0.39 is 5.91 Å². The molecule has 32 heavy (non-hydrogen) atoms. The van der Waals surface area contributed by atoms with Crippen molar-refractivity contribution in [3.8, 4) is 0 Å². The van der Waals surface area contributed by atoms with Gasteiger partial charge in [0.25, 0.3) is 5.91 Å². The first-order valence-corrected chi connectivity index (χ1v) is 11.9. The number of benzene rings is 2. The van der Waals surface area contributed by atoms with Crippen LogP contribution in [-0.4, -0.2) is 21.7 Å².